The van der Waals surface area contributed by atoms with E-state index < -0.39 is 38.8 Å². The maximum absolute atomic E-state index is 13.4. The van der Waals surface area contributed by atoms with E-state index in [1.54, 1.807) is 43.9 Å². The molecule has 0 atom stereocenters. The molecule has 258 valence electrons. The minimum Gasteiger partial charge on any atom is -0.444 e. The van der Waals surface area contributed by atoms with Crippen molar-refractivity contribution in [1.29, 1.82) is 5.26 Å². The van der Waals surface area contributed by atoms with Gasteiger partial charge in [0.15, 0.2) is 15.5 Å². The first-order chi connectivity index (χ1) is 22.2. The lowest BCUT2D eigenvalue weighted by Crippen LogP contribution is -2.46. The molecule has 2 aliphatic carbocycles. The van der Waals surface area contributed by atoms with Gasteiger partial charge < -0.3 is 25.0 Å². The number of hydrogen-bond acceptors (Lipinski definition) is 11. The zero-order valence-corrected chi connectivity index (χ0v) is 29.6. The fraction of sp³-hybridized carbons (Fsp3) is 0.545. The highest BCUT2D eigenvalue weighted by molar-refractivity contribution is 7.89. The van der Waals surface area contributed by atoms with Crippen LogP contribution in [-0.4, -0.2) is 77.8 Å². The van der Waals surface area contributed by atoms with E-state index in [2.05, 4.69) is 26.8 Å². The topological polar surface area (TPSA) is 171 Å². The van der Waals surface area contributed by atoms with E-state index in [0.29, 0.717) is 35.1 Å². The average molecular weight is 681 g/mol. The Morgan fingerprint density at radius 1 is 1.10 bits per heavy atom. The van der Waals surface area contributed by atoms with Gasteiger partial charge in [0.25, 0.3) is 0 Å². The Balaban J connectivity index is 1.46. The second-order valence-electron chi connectivity index (χ2n) is 14.8. The molecule has 2 aliphatic rings. The highest BCUT2D eigenvalue weighted by Crippen LogP contribution is 2.39. The minimum atomic E-state index is -3.43. The number of aromatic nitrogens is 3. The molecule has 0 aliphatic heterocycles. The first-order valence-corrected chi connectivity index (χ1v) is 17.9. The number of anilines is 4. The zero-order chi connectivity index (χ0) is 35.2. The summed E-state index contributed by atoms with van der Waals surface area (Å²) in [5.41, 5.74) is 0.449. The van der Waals surface area contributed by atoms with Crippen LogP contribution in [0.4, 0.5) is 32.6 Å². The average Bonchev–Trinajstić information content (AvgIpc) is 3.85. The molecule has 14 nitrogen and oxygen atoms in total. The number of hydrogen-bond donors (Lipinski definition) is 2. The van der Waals surface area contributed by atoms with Crippen molar-refractivity contribution >= 4 is 50.7 Å². The van der Waals surface area contributed by atoms with E-state index >= 15 is 0 Å². The summed E-state index contributed by atoms with van der Waals surface area (Å²) in [7, 11) is -1.57. The molecule has 5 rings (SSSR count). The SMILES string of the molecule is CN(CC1(NC(=O)OC(C)(C)C)CC1)c1ccc(Nc2cc(N(C(=O)OC(C)(C)C)C3CC3)n3ncc(C#N)c3n2)cc1CS(C)(=O)=O. The van der Waals surface area contributed by atoms with Crippen LogP contribution in [0.5, 0.6) is 0 Å². The summed E-state index contributed by atoms with van der Waals surface area (Å²) < 4.78 is 37.7. The number of fused-ring (bicyclic) bond motifs is 1. The van der Waals surface area contributed by atoms with Crippen molar-refractivity contribution in [2.45, 2.75) is 95.8 Å². The number of amides is 2. The third-order valence-electron chi connectivity index (χ3n) is 7.66. The number of carbonyl (C=O) groups excluding carboxylic acids is 2. The number of nitrogens with one attached hydrogen (secondary N) is 2. The summed E-state index contributed by atoms with van der Waals surface area (Å²) in [5, 5.41) is 20.4. The van der Waals surface area contributed by atoms with Gasteiger partial charge in [-0.3, -0.25) is 4.90 Å². The summed E-state index contributed by atoms with van der Waals surface area (Å²) in [6.07, 6.45) is 4.68. The summed E-state index contributed by atoms with van der Waals surface area (Å²) in [4.78, 5) is 34.0. The van der Waals surface area contributed by atoms with Crippen LogP contribution in [0.25, 0.3) is 5.65 Å². The molecule has 2 heterocycles. The lowest BCUT2D eigenvalue weighted by Gasteiger charge is -2.29. The third-order valence-corrected chi connectivity index (χ3v) is 8.50. The predicted octanol–water partition coefficient (Wildman–Crippen LogP) is 5.29. The van der Waals surface area contributed by atoms with Crippen molar-refractivity contribution in [2.24, 2.45) is 0 Å². The first kappa shape index (κ1) is 34.7. The van der Waals surface area contributed by atoms with E-state index in [0.717, 1.165) is 25.7 Å². The molecule has 0 saturated heterocycles. The van der Waals surface area contributed by atoms with Gasteiger partial charge in [0, 0.05) is 43.3 Å². The van der Waals surface area contributed by atoms with Gasteiger partial charge in [-0.1, -0.05) is 0 Å². The van der Waals surface area contributed by atoms with Crippen LogP contribution in [0.2, 0.25) is 0 Å². The molecule has 15 heteroatoms. The van der Waals surface area contributed by atoms with Gasteiger partial charge in [-0.25, -0.2) is 23.0 Å². The Bertz CT molecular complexity index is 1880. The molecule has 0 radical (unpaired) electrons. The van der Waals surface area contributed by atoms with E-state index in [4.69, 9.17) is 9.47 Å². The molecule has 0 bridgehead atoms. The lowest BCUT2D eigenvalue weighted by atomic mass is 10.1. The van der Waals surface area contributed by atoms with Crippen molar-refractivity contribution < 1.29 is 27.5 Å². The Kier molecular flexibility index (Phi) is 9.02. The second kappa shape index (κ2) is 12.5. The van der Waals surface area contributed by atoms with Gasteiger partial charge in [0.2, 0.25) is 0 Å². The van der Waals surface area contributed by atoms with Crippen molar-refractivity contribution in [3.05, 3.63) is 41.6 Å². The largest absolute Gasteiger partial charge is 0.444 e. The Morgan fingerprint density at radius 3 is 2.33 bits per heavy atom. The van der Waals surface area contributed by atoms with Crippen LogP contribution in [-0.2, 0) is 25.1 Å². The quantitative estimate of drug-likeness (QED) is 0.285. The van der Waals surface area contributed by atoms with E-state index in [-0.39, 0.29) is 23.0 Å². The fourth-order valence-corrected chi connectivity index (χ4v) is 6.25. The Labute approximate surface area is 281 Å². The number of nitriles is 1. The number of alkyl carbamates (subject to hydrolysis) is 1. The molecular weight excluding hydrogens is 636 g/mol. The summed E-state index contributed by atoms with van der Waals surface area (Å²) in [5.74, 6) is 0.496. The van der Waals surface area contributed by atoms with Crippen LogP contribution in [0.1, 0.15) is 78.4 Å². The van der Waals surface area contributed by atoms with Crippen LogP contribution in [0, 0.1) is 11.3 Å². The number of likely N-dealkylation sites (N-methyl/N-ethyl adjacent to an activating group) is 1. The van der Waals surface area contributed by atoms with Gasteiger partial charge in [-0.05, 0) is 91.0 Å². The van der Waals surface area contributed by atoms with Crippen molar-refractivity contribution in [3.8, 4) is 6.07 Å². The molecule has 2 N–H and O–H groups in total. The van der Waals surface area contributed by atoms with E-state index in [9.17, 15) is 23.3 Å². The lowest BCUT2D eigenvalue weighted by molar-refractivity contribution is 0.0496. The van der Waals surface area contributed by atoms with E-state index in [1.807, 2.05) is 38.8 Å². The molecule has 2 fully saturated rings. The van der Waals surface area contributed by atoms with E-state index in [1.165, 1.54) is 17.0 Å². The molecule has 2 amide bonds. The van der Waals surface area contributed by atoms with Gasteiger partial charge in [-0.15, -0.1) is 0 Å². The smallest absolute Gasteiger partial charge is 0.416 e. The summed E-state index contributed by atoms with van der Waals surface area (Å²) >= 11 is 0. The van der Waals surface area contributed by atoms with Crippen LogP contribution in [0.15, 0.2) is 30.5 Å². The normalized spacial score (nSPS) is 15.7. The molecule has 0 spiro atoms. The van der Waals surface area contributed by atoms with Crippen LogP contribution < -0.4 is 20.4 Å². The van der Waals surface area contributed by atoms with Crippen LogP contribution in [0.3, 0.4) is 0 Å². The molecule has 3 aromatic rings. The van der Waals surface area contributed by atoms with Gasteiger partial charge >= 0.3 is 12.2 Å². The number of nitrogens with zero attached hydrogens (tertiary/aromatic N) is 6. The monoisotopic (exact) mass is 680 g/mol. The minimum absolute atomic E-state index is 0.0937. The highest BCUT2D eigenvalue weighted by atomic mass is 32.2. The van der Waals surface area contributed by atoms with Gasteiger partial charge in [0.05, 0.1) is 17.5 Å². The highest BCUT2D eigenvalue weighted by Gasteiger charge is 2.46. The van der Waals surface area contributed by atoms with Crippen molar-refractivity contribution in [1.82, 2.24) is 19.9 Å². The second-order valence-corrected chi connectivity index (χ2v) is 16.9. The number of carbonyl (C=O) groups is 2. The van der Waals surface area contributed by atoms with Crippen molar-refractivity contribution in [3.63, 3.8) is 0 Å². The zero-order valence-electron chi connectivity index (χ0n) is 28.7. The number of ether oxygens (including phenoxy) is 2. The van der Waals surface area contributed by atoms with Crippen molar-refractivity contribution in [2.75, 3.05) is 35.0 Å². The molecule has 2 saturated carbocycles. The molecule has 2 aromatic heterocycles. The summed E-state index contributed by atoms with van der Waals surface area (Å²) in [6.45, 7) is 11.3. The maximum atomic E-state index is 13.4. The van der Waals surface area contributed by atoms with Gasteiger partial charge in [0.1, 0.15) is 34.5 Å². The number of sulfone groups is 1. The maximum Gasteiger partial charge on any atom is 0.416 e. The molecule has 1 aromatic carbocycles. The molecular formula is C33H44N8O6S. The Morgan fingerprint density at radius 2 is 1.77 bits per heavy atom. The standard InChI is InChI=1S/C33H44N8O6S/c1-31(2,3)46-29(42)38-33(13-14-33)20-39(7)25-12-9-23(15-21(25)19-48(8,44)45)36-26-16-27(41-28(37-26)22(17-34)18-35-41)40(24-10-11-24)30(43)47-32(4,5)6/h9,12,15-16,18,24H,10-11,13-14,19-20H2,1-8H3,(H,36,37)(H,38,42). The number of rotatable bonds is 10. The van der Waals surface area contributed by atoms with Crippen LogP contribution >= 0.6 is 0 Å². The molecule has 0 unspecified atom stereocenters. The number of benzene rings is 1. The fourth-order valence-electron chi connectivity index (χ4n) is 5.45. The first-order valence-electron chi connectivity index (χ1n) is 15.9. The van der Waals surface area contributed by atoms with Gasteiger partial charge in [-0.2, -0.15) is 14.9 Å². The third kappa shape index (κ3) is 8.66. The predicted molar refractivity (Wildman–Crippen MR) is 182 cm³/mol. The molecule has 48 heavy (non-hydrogen) atoms. The Hall–Kier alpha value is -4.58. The summed E-state index contributed by atoms with van der Waals surface area (Å²) in [6, 6.07) is 9.05.